The van der Waals surface area contributed by atoms with Crippen LogP contribution in [0.4, 0.5) is 0 Å². The zero-order chi connectivity index (χ0) is 59.2. The molecule has 34 nitrogen and oxygen atoms in total. The minimum Gasteiger partial charge on any atom is -0.394 e. The zero-order valence-corrected chi connectivity index (χ0v) is 44.7. The lowest BCUT2D eigenvalue weighted by molar-refractivity contribution is -0.235. The second kappa shape index (κ2) is 28.0. The maximum Gasteiger partial charge on any atom is 0.187 e. The van der Waals surface area contributed by atoms with Crippen molar-refractivity contribution in [2.45, 2.75) is 242 Å². The fourth-order valence-corrected chi connectivity index (χ4v) is 11.3. The largest absolute Gasteiger partial charge is 0.394 e. The first-order valence-corrected chi connectivity index (χ1v) is 27.4. The predicted molar refractivity (Wildman–Crippen MR) is 253 cm³/mol. The average Bonchev–Trinajstić information content (AvgIpc) is 4.40. The normalized spacial score (nSPS) is 53.3. The first-order valence-electron chi connectivity index (χ1n) is 27.4. The van der Waals surface area contributed by atoms with E-state index < -0.39 is 261 Å². The maximum absolute atomic E-state index is 11.7. The number of rotatable bonds is 25. The van der Waals surface area contributed by atoms with Gasteiger partial charge in [-0.2, -0.15) is 0 Å². The Morgan fingerprint density at radius 2 is 0.524 bits per heavy atom. The van der Waals surface area contributed by atoms with E-state index in [1.165, 1.54) is 0 Å². The second-order valence-electron chi connectivity index (χ2n) is 21.9. The Balaban J connectivity index is 0.840. The molecule has 36 atom stereocenters. The van der Waals surface area contributed by atoms with Crippen LogP contribution in [0.5, 0.6) is 0 Å². The summed E-state index contributed by atoms with van der Waals surface area (Å²) >= 11 is 0. The van der Waals surface area contributed by atoms with Crippen molar-refractivity contribution in [3.63, 3.8) is 0 Å². The summed E-state index contributed by atoms with van der Waals surface area (Å²) in [4.78, 5) is 0. The summed E-state index contributed by atoms with van der Waals surface area (Å²) in [5, 5.41) is 181. The molecular weight excluding hydrogens is 1120 g/mol. The Morgan fingerprint density at radius 3 is 0.817 bits per heavy atom. The first kappa shape index (κ1) is 65.1. The molecule has 9 saturated heterocycles. The molecule has 9 rings (SSSR count). The van der Waals surface area contributed by atoms with E-state index >= 15 is 0 Å². The standard InChI is InChI=1S/C48H80O34/c1-4-15-25(53)30(58)41(72-15)68-10-21-39(81-47-33(61)27(55)17(6-50)74-47)37(65)45(79-21)70-12-23-40(82-48-34(62)28(56)18(7-51)75-48)36(64)44(78-23)67-9-20-29(57)31(59)42(76-20)69-11-22-38(80-46-32(60)26(54)16(5-49)73-46)35(63)43(77-22)66-8-19-13(2)24(52)14(3)71-19/h13-65H,4-12H2,1-3H3. The van der Waals surface area contributed by atoms with Gasteiger partial charge in [-0.25, -0.2) is 0 Å². The summed E-state index contributed by atoms with van der Waals surface area (Å²) in [7, 11) is 0. The molecule has 17 N–H and O–H groups in total. The van der Waals surface area contributed by atoms with Gasteiger partial charge >= 0.3 is 0 Å². The van der Waals surface area contributed by atoms with E-state index in [-0.39, 0.29) is 12.5 Å². The smallest absolute Gasteiger partial charge is 0.187 e. The molecule has 476 valence electrons. The van der Waals surface area contributed by atoms with Crippen LogP contribution in [0.15, 0.2) is 0 Å². The van der Waals surface area contributed by atoms with Crippen LogP contribution >= 0.6 is 0 Å². The third kappa shape index (κ3) is 13.5. The third-order valence-corrected chi connectivity index (χ3v) is 16.4. The van der Waals surface area contributed by atoms with Crippen LogP contribution in [0, 0.1) is 5.92 Å². The van der Waals surface area contributed by atoms with Crippen molar-refractivity contribution in [3.05, 3.63) is 0 Å². The van der Waals surface area contributed by atoms with Crippen molar-refractivity contribution in [3.8, 4) is 0 Å². The van der Waals surface area contributed by atoms with E-state index in [0.717, 1.165) is 0 Å². The van der Waals surface area contributed by atoms with Gasteiger partial charge in [-0.05, 0) is 13.3 Å². The molecule has 0 aromatic carbocycles. The quantitative estimate of drug-likeness (QED) is 0.0404. The molecule has 9 aliphatic heterocycles. The fraction of sp³-hybridized carbons (Fsp3) is 1.00. The van der Waals surface area contributed by atoms with Gasteiger partial charge in [0.25, 0.3) is 0 Å². The Labute approximate surface area is 467 Å². The molecule has 0 bridgehead atoms. The summed E-state index contributed by atoms with van der Waals surface area (Å²) in [6.07, 6.45) is -50.3. The van der Waals surface area contributed by atoms with Gasteiger partial charge in [0, 0.05) is 5.92 Å². The van der Waals surface area contributed by atoms with Crippen molar-refractivity contribution < 1.29 is 167 Å². The van der Waals surface area contributed by atoms with Gasteiger partial charge in [0.05, 0.1) is 77.3 Å². The van der Waals surface area contributed by atoms with Crippen LogP contribution in [0.25, 0.3) is 0 Å². The Morgan fingerprint density at radius 1 is 0.268 bits per heavy atom. The van der Waals surface area contributed by atoms with Crippen molar-refractivity contribution in [2.24, 2.45) is 5.92 Å². The minimum absolute atomic E-state index is 0.148. The van der Waals surface area contributed by atoms with Crippen LogP contribution < -0.4 is 0 Å². The van der Waals surface area contributed by atoms with Crippen LogP contribution in [-0.2, 0) is 80.5 Å². The number of aliphatic hydroxyl groups excluding tert-OH is 17. The van der Waals surface area contributed by atoms with Gasteiger partial charge in [-0.3, -0.25) is 0 Å². The molecule has 9 fully saturated rings. The van der Waals surface area contributed by atoms with Crippen LogP contribution in [0.2, 0.25) is 0 Å². The van der Waals surface area contributed by atoms with E-state index in [1.54, 1.807) is 20.8 Å². The minimum atomic E-state index is -1.82. The summed E-state index contributed by atoms with van der Waals surface area (Å²) in [5.74, 6) is -0.353. The lowest BCUT2D eigenvalue weighted by atomic mass is 9.99. The second-order valence-corrected chi connectivity index (χ2v) is 21.9. The Kier molecular flexibility index (Phi) is 22.2. The van der Waals surface area contributed by atoms with Crippen molar-refractivity contribution >= 4 is 0 Å². The monoisotopic (exact) mass is 1200 g/mol. The average molecular weight is 1200 g/mol. The zero-order valence-electron chi connectivity index (χ0n) is 44.7. The predicted octanol–water partition coefficient (Wildman–Crippen LogP) is -11.1. The molecule has 82 heavy (non-hydrogen) atoms. The third-order valence-electron chi connectivity index (χ3n) is 16.4. The summed E-state index contributed by atoms with van der Waals surface area (Å²) in [5.41, 5.74) is 0. The Hall–Kier alpha value is -1.36. The molecule has 0 saturated carbocycles. The molecule has 34 heteroatoms. The number of ether oxygens (including phenoxy) is 17. The topological polar surface area (TPSA) is 501 Å². The van der Waals surface area contributed by atoms with E-state index in [0.29, 0.717) is 6.42 Å². The van der Waals surface area contributed by atoms with E-state index in [4.69, 9.17) is 80.5 Å². The summed E-state index contributed by atoms with van der Waals surface area (Å²) in [6.45, 7) is 0.514. The van der Waals surface area contributed by atoms with Crippen molar-refractivity contribution in [2.75, 3.05) is 52.9 Å². The lowest BCUT2D eigenvalue weighted by Crippen LogP contribution is -2.45. The highest BCUT2D eigenvalue weighted by molar-refractivity contribution is 4.98. The molecule has 0 radical (unpaired) electrons. The van der Waals surface area contributed by atoms with Gasteiger partial charge in [0.15, 0.2) is 50.3 Å². The number of hydrogen-bond donors (Lipinski definition) is 17. The highest BCUT2D eigenvalue weighted by Gasteiger charge is 2.57. The summed E-state index contributed by atoms with van der Waals surface area (Å²) in [6, 6.07) is 0. The highest BCUT2D eigenvalue weighted by atomic mass is 16.8. The van der Waals surface area contributed by atoms with Crippen molar-refractivity contribution in [1.29, 1.82) is 0 Å². The molecule has 36 unspecified atom stereocenters. The first-order chi connectivity index (χ1) is 39.1. The van der Waals surface area contributed by atoms with Gasteiger partial charge in [0.2, 0.25) is 0 Å². The van der Waals surface area contributed by atoms with E-state index in [2.05, 4.69) is 0 Å². The van der Waals surface area contributed by atoms with Gasteiger partial charge in [-0.1, -0.05) is 13.8 Å². The maximum atomic E-state index is 11.7. The molecule has 0 amide bonds. The highest BCUT2D eigenvalue weighted by Crippen LogP contribution is 2.38. The molecule has 0 aliphatic carbocycles. The Bertz CT molecular complexity index is 1970. The molecule has 9 aliphatic rings. The molecule has 9 heterocycles. The van der Waals surface area contributed by atoms with Gasteiger partial charge < -0.3 is 167 Å². The van der Waals surface area contributed by atoms with Gasteiger partial charge in [0.1, 0.15) is 140 Å². The van der Waals surface area contributed by atoms with Gasteiger partial charge in [-0.15, -0.1) is 0 Å². The molecule has 0 aromatic heterocycles. The molecule has 0 aromatic rings. The number of hydrogen-bond acceptors (Lipinski definition) is 34. The fourth-order valence-electron chi connectivity index (χ4n) is 11.3. The van der Waals surface area contributed by atoms with Crippen LogP contribution in [0.1, 0.15) is 27.2 Å². The molecular formula is C48H80O34. The molecule has 0 spiro atoms. The lowest BCUT2D eigenvalue weighted by Gasteiger charge is -2.27. The van der Waals surface area contributed by atoms with Crippen LogP contribution in [-0.4, -0.2) is 355 Å². The summed E-state index contributed by atoms with van der Waals surface area (Å²) < 4.78 is 98.5. The SMILES string of the molecule is CCC1OC(OCC2OC(OCC3OC(OCC4OC(OCC5OC(OCC6OC(C)C(O)C6C)C(O)C5OC5OC(CO)C(O)C5O)C(O)C4O)C(O)C3OC3OC(CO)C(O)C3O)C(O)C2OC2OC(CO)C(O)C2O)C(O)C1O. The van der Waals surface area contributed by atoms with Crippen LogP contribution in [0.3, 0.4) is 0 Å². The van der Waals surface area contributed by atoms with E-state index in [9.17, 15) is 86.8 Å². The number of aliphatic hydroxyl groups is 17. The van der Waals surface area contributed by atoms with E-state index in [1.807, 2.05) is 0 Å². The van der Waals surface area contributed by atoms with Crippen molar-refractivity contribution in [1.82, 2.24) is 0 Å².